The Balaban J connectivity index is 0.00000208. The summed E-state index contributed by atoms with van der Waals surface area (Å²) in [7, 11) is 1.82. The van der Waals surface area contributed by atoms with Gasteiger partial charge in [0.2, 0.25) is 0 Å². The molecule has 1 aromatic rings. The molecule has 2 atom stereocenters. The molecule has 0 bridgehead atoms. The molecule has 0 aliphatic carbocycles. The molecule has 1 fully saturated rings. The number of rotatable bonds is 5. The van der Waals surface area contributed by atoms with Crippen LogP contribution in [0, 0.1) is 0 Å². The van der Waals surface area contributed by atoms with Crippen molar-refractivity contribution in [1.82, 2.24) is 10.6 Å². The number of guanidine groups is 1. The summed E-state index contributed by atoms with van der Waals surface area (Å²) in [6, 6.07) is 9.28. The van der Waals surface area contributed by atoms with Crippen LogP contribution in [-0.2, 0) is 11.2 Å². The van der Waals surface area contributed by atoms with E-state index in [0.29, 0.717) is 12.1 Å². The first-order valence-electron chi connectivity index (χ1n) is 8.68. The maximum absolute atomic E-state index is 5.63. The number of ether oxygens (including phenoxy) is 1. The van der Waals surface area contributed by atoms with Crippen molar-refractivity contribution in [3.8, 4) is 0 Å². The Morgan fingerprint density at radius 3 is 2.92 bits per heavy atom. The lowest BCUT2D eigenvalue weighted by Gasteiger charge is -2.25. The molecule has 0 saturated carbocycles. The summed E-state index contributed by atoms with van der Waals surface area (Å²) < 4.78 is 5.63. The van der Waals surface area contributed by atoms with Crippen molar-refractivity contribution >= 4 is 35.6 Å². The smallest absolute Gasteiger partial charge is 0.191 e. The fourth-order valence-electron chi connectivity index (χ4n) is 3.50. The van der Waals surface area contributed by atoms with E-state index in [0.717, 1.165) is 45.0 Å². The molecule has 6 heteroatoms. The zero-order chi connectivity index (χ0) is 16.1. The van der Waals surface area contributed by atoms with Crippen molar-refractivity contribution in [2.24, 2.45) is 4.99 Å². The van der Waals surface area contributed by atoms with Gasteiger partial charge >= 0.3 is 0 Å². The Labute approximate surface area is 162 Å². The molecule has 24 heavy (non-hydrogen) atoms. The van der Waals surface area contributed by atoms with Crippen LogP contribution in [0.15, 0.2) is 29.3 Å². The highest BCUT2D eigenvalue weighted by atomic mass is 127. The zero-order valence-corrected chi connectivity index (χ0v) is 17.0. The molecule has 134 valence electrons. The third-order valence-corrected chi connectivity index (χ3v) is 4.74. The molecular weight excluding hydrogens is 415 g/mol. The second kappa shape index (κ2) is 9.46. The lowest BCUT2D eigenvalue weighted by molar-refractivity contribution is 0.114. The SMILES string of the molecule is CN=C(NCCN1c2ccccc2CC1C)NCC1CCCO1.I. The number of hydrogen-bond acceptors (Lipinski definition) is 3. The molecule has 1 aromatic carbocycles. The average Bonchev–Trinajstić information content (AvgIpc) is 3.18. The summed E-state index contributed by atoms with van der Waals surface area (Å²) in [4.78, 5) is 6.78. The monoisotopic (exact) mass is 444 g/mol. The molecule has 5 nitrogen and oxygen atoms in total. The van der Waals surface area contributed by atoms with Gasteiger partial charge in [-0.1, -0.05) is 18.2 Å². The van der Waals surface area contributed by atoms with Crippen molar-refractivity contribution in [1.29, 1.82) is 0 Å². The fourth-order valence-corrected chi connectivity index (χ4v) is 3.50. The minimum atomic E-state index is 0. The Hall–Kier alpha value is -1.02. The molecule has 0 radical (unpaired) electrons. The molecule has 3 rings (SSSR count). The van der Waals surface area contributed by atoms with Crippen LogP contribution in [0.4, 0.5) is 5.69 Å². The second-order valence-corrected chi connectivity index (χ2v) is 6.39. The average molecular weight is 444 g/mol. The Morgan fingerprint density at radius 1 is 1.33 bits per heavy atom. The Bertz CT molecular complexity index is 546. The highest BCUT2D eigenvalue weighted by Gasteiger charge is 2.24. The van der Waals surface area contributed by atoms with E-state index in [1.54, 1.807) is 0 Å². The van der Waals surface area contributed by atoms with Crippen molar-refractivity contribution in [3.05, 3.63) is 29.8 Å². The third-order valence-electron chi connectivity index (χ3n) is 4.74. The van der Waals surface area contributed by atoms with Crippen LogP contribution < -0.4 is 15.5 Å². The summed E-state index contributed by atoms with van der Waals surface area (Å²) in [5.74, 6) is 0.862. The third kappa shape index (κ3) is 4.75. The van der Waals surface area contributed by atoms with Crippen molar-refractivity contribution in [2.45, 2.75) is 38.3 Å². The van der Waals surface area contributed by atoms with E-state index in [1.807, 2.05) is 7.05 Å². The van der Waals surface area contributed by atoms with Crippen LogP contribution in [0.25, 0.3) is 0 Å². The number of nitrogens with zero attached hydrogens (tertiary/aromatic N) is 2. The molecule has 2 aliphatic rings. The van der Waals surface area contributed by atoms with Crippen molar-refractivity contribution in [3.63, 3.8) is 0 Å². The molecular formula is C18H29IN4O. The molecule has 2 N–H and O–H groups in total. The number of benzene rings is 1. The first kappa shape index (κ1) is 19.3. The van der Waals surface area contributed by atoms with Crippen molar-refractivity contribution in [2.75, 3.05) is 38.2 Å². The zero-order valence-electron chi connectivity index (χ0n) is 14.6. The van der Waals surface area contributed by atoms with Crippen LogP contribution in [0.3, 0.4) is 0 Å². The van der Waals surface area contributed by atoms with Gasteiger partial charge in [-0.15, -0.1) is 24.0 Å². The minimum Gasteiger partial charge on any atom is -0.376 e. The van der Waals surface area contributed by atoms with Crippen LogP contribution in [0.5, 0.6) is 0 Å². The van der Waals surface area contributed by atoms with E-state index in [1.165, 1.54) is 17.7 Å². The van der Waals surface area contributed by atoms with E-state index >= 15 is 0 Å². The highest BCUT2D eigenvalue weighted by molar-refractivity contribution is 14.0. The van der Waals surface area contributed by atoms with Crippen LogP contribution in [0.2, 0.25) is 0 Å². The maximum atomic E-state index is 5.63. The molecule has 1 saturated heterocycles. The van der Waals surface area contributed by atoms with Gasteiger partial charge in [-0.2, -0.15) is 0 Å². The van der Waals surface area contributed by atoms with E-state index in [-0.39, 0.29) is 24.0 Å². The van der Waals surface area contributed by atoms with Crippen molar-refractivity contribution < 1.29 is 4.74 Å². The van der Waals surface area contributed by atoms with E-state index in [9.17, 15) is 0 Å². The van der Waals surface area contributed by atoms with E-state index in [2.05, 4.69) is 51.7 Å². The normalized spacial score (nSPS) is 22.9. The van der Waals surface area contributed by atoms with E-state index < -0.39 is 0 Å². The number of halogens is 1. The first-order valence-corrected chi connectivity index (χ1v) is 8.68. The van der Waals surface area contributed by atoms with Crippen LogP contribution in [0.1, 0.15) is 25.3 Å². The Kier molecular flexibility index (Phi) is 7.61. The molecule has 2 aliphatic heterocycles. The quantitative estimate of drug-likeness (QED) is 0.416. The predicted molar refractivity (Wildman–Crippen MR) is 111 cm³/mol. The van der Waals surface area contributed by atoms with Gasteiger partial charge in [-0.05, 0) is 37.8 Å². The Morgan fingerprint density at radius 2 is 2.17 bits per heavy atom. The largest absolute Gasteiger partial charge is 0.376 e. The summed E-state index contributed by atoms with van der Waals surface area (Å²) in [5, 5.41) is 6.78. The van der Waals surface area contributed by atoms with Gasteiger partial charge < -0.3 is 20.3 Å². The number of hydrogen-bond donors (Lipinski definition) is 2. The lowest BCUT2D eigenvalue weighted by atomic mass is 10.1. The van der Waals surface area contributed by atoms with Gasteiger partial charge in [-0.25, -0.2) is 0 Å². The first-order chi connectivity index (χ1) is 11.3. The molecule has 0 spiro atoms. The number of para-hydroxylation sites is 1. The number of fused-ring (bicyclic) bond motifs is 1. The van der Waals surface area contributed by atoms with Gasteiger partial charge in [0.15, 0.2) is 5.96 Å². The summed E-state index contributed by atoms with van der Waals surface area (Å²) in [6.45, 7) is 5.89. The van der Waals surface area contributed by atoms with E-state index in [4.69, 9.17) is 4.74 Å². The number of anilines is 1. The van der Waals surface area contributed by atoms with Gasteiger partial charge in [0, 0.05) is 45.0 Å². The summed E-state index contributed by atoms with van der Waals surface area (Å²) in [5.41, 5.74) is 2.84. The van der Waals surface area contributed by atoms with Gasteiger partial charge in [0.1, 0.15) is 0 Å². The summed E-state index contributed by atoms with van der Waals surface area (Å²) in [6.07, 6.45) is 3.79. The standard InChI is InChI=1S/C18H28N4O.HI/c1-14-12-15-6-3-4-8-17(15)22(14)10-9-20-18(19-2)21-13-16-7-5-11-23-16;/h3-4,6,8,14,16H,5,7,9-13H2,1-2H3,(H2,19,20,21);1H. The molecule has 2 heterocycles. The van der Waals surface area contributed by atoms with Crippen LogP contribution >= 0.6 is 24.0 Å². The minimum absolute atomic E-state index is 0. The second-order valence-electron chi connectivity index (χ2n) is 6.39. The number of nitrogens with one attached hydrogen (secondary N) is 2. The summed E-state index contributed by atoms with van der Waals surface area (Å²) >= 11 is 0. The van der Waals surface area contributed by atoms with Gasteiger partial charge in [0.25, 0.3) is 0 Å². The predicted octanol–water partition coefficient (Wildman–Crippen LogP) is 2.40. The topological polar surface area (TPSA) is 48.9 Å². The maximum Gasteiger partial charge on any atom is 0.191 e. The van der Waals surface area contributed by atoms with Crippen LogP contribution in [-0.4, -0.2) is 51.4 Å². The molecule has 2 unspecified atom stereocenters. The fraction of sp³-hybridized carbons (Fsp3) is 0.611. The van der Waals surface area contributed by atoms with Gasteiger partial charge in [-0.3, -0.25) is 4.99 Å². The van der Waals surface area contributed by atoms with Gasteiger partial charge in [0.05, 0.1) is 6.10 Å². The lowest BCUT2D eigenvalue weighted by Crippen LogP contribution is -2.44. The molecule has 0 amide bonds. The number of aliphatic imine (C=N–C) groups is 1. The molecule has 0 aromatic heterocycles. The highest BCUT2D eigenvalue weighted by Crippen LogP contribution is 2.31.